The first-order chi connectivity index (χ1) is 8.86. The lowest BCUT2D eigenvalue weighted by atomic mass is 9.94. The number of likely N-dealkylation sites (N-methyl/N-ethyl adjacent to an activating group) is 1. The zero-order valence-corrected chi connectivity index (χ0v) is 13.0. The molecule has 0 bridgehead atoms. The normalized spacial score (nSPS) is 11.2. The third-order valence-corrected chi connectivity index (χ3v) is 3.65. The zero-order chi connectivity index (χ0) is 14.5. The number of hydrogen-bond acceptors (Lipinski definition) is 2. The van der Waals surface area contributed by atoms with Gasteiger partial charge in [-0.25, -0.2) is 0 Å². The third kappa shape index (κ3) is 4.92. The minimum atomic E-state index is -0.549. The van der Waals surface area contributed by atoms with Gasteiger partial charge in [0, 0.05) is 18.0 Å². The van der Waals surface area contributed by atoms with Crippen LogP contribution in [-0.4, -0.2) is 36.9 Å². The number of nitrogens with zero attached hydrogens (tertiary/aromatic N) is 1. The van der Waals surface area contributed by atoms with Gasteiger partial charge in [-0.15, -0.1) is 11.6 Å². The van der Waals surface area contributed by atoms with E-state index in [1.54, 1.807) is 24.1 Å². The minimum absolute atomic E-state index is 0.0113. The fourth-order valence-corrected chi connectivity index (χ4v) is 1.83. The summed E-state index contributed by atoms with van der Waals surface area (Å²) in [4.78, 5) is 13.7. The molecule has 3 nitrogen and oxygen atoms in total. The number of hydrogen-bond donors (Lipinski definition) is 0. The van der Waals surface area contributed by atoms with Gasteiger partial charge in [0.15, 0.2) is 0 Å². The number of rotatable bonds is 6. The number of carbonyl (C=O) groups excluding carboxylic acids is 1. The monoisotopic (exact) mass is 303 g/mol. The molecular formula is C14H19Cl2NO2. The minimum Gasteiger partial charge on any atom is -0.492 e. The predicted octanol–water partition coefficient (Wildman–Crippen LogP) is 3.44. The molecular weight excluding hydrogens is 285 g/mol. The van der Waals surface area contributed by atoms with Gasteiger partial charge in [-0.05, 0) is 32.0 Å². The average molecular weight is 304 g/mol. The fraction of sp³-hybridized carbons (Fsp3) is 0.500. The summed E-state index contributed by atoms with van der Waals surface area (Å²) in [5.41, 5.74) is -0.549. The molecule has 0 saturated carbocycles. The average Bonchev–Trinajstić information content (AvgIpc) is 2.37. The molecule has 106 valence electrons. The molecule has 1 aromatic carbocycles. The second-order valence-corrected chi connectivity index (χ2v) is 5.75. The standard InChI is InChI=1S/C14H19Cl2NO2/c1-14(2,10-15)13(18)17(3)7-8-19-12-6-4-5-11(16)9-12/h4-6,9H,7-8,10H2,1-3H3. The number of ether oxygens (including phenoxy) is 1. The maximum absolute atomic E-state index is 12.1. The van der Waals surface area contributed by atoms with E-state index < -0.39 is 5.41 Å². The van der Waals surface area contributed by atoms with Crippen LogP contribution in [0.25, 0.3) is 0 Å². The van der Waals surface area contributed by atoms with E-state index in [1.165, 1.54) is 0 Å². The number of halogens is 2. The Morgan fingerprint density at radius 2 is 2.11 bits per heavy atom. The molecule has 0 spiro atoms. The Hall–Kier alpha value is -0.930. The van der Waals surface area contributed by atoms with Gasteiger partial charge in [-0.2, -0.15) is 0 Å². The summed E-state index contributed by atoms with van der Waals surface area (Å²) in [6.45, 7) is 4.58. The van der Waals surface area contributed by atoms with E-state index >= 15 is 0 Å². The summed E-state index contributed by atoms with van der Waals surface area (Å²) < 4.78 is 5.54. The molecule has 1 aromatic rings. The van der Waals surface area contributed by atoms with E-state index in [0.717, 1.165) is 0 Å². The van der Waals surface area contributed by atoms with E-state index in [4.69, 9.17) is 27.9 Å². The summed E-state index contributed by atoms with van der Waals surface area (Å²) in [6, 6.07) is 7.18. The molecule has 5 heteroatoms. The highest BCUT2D eigenvalue weighted by Crippen LogP contribution is 2.20. The maximum Gasteiger partial charge on any atom is 0.229 e. The van der Waals surface area contributed by atoms with E-state index in [2.05, 4.69) is 0 Å². The van der Waals surface area contributed by atoms with Crippen LogP contribution in [-0.2, 0) is 4.79 Å². The van der Waals surface area contributed by atoms with Gasteiger partial charge in [0.2, 0.25) is 5.91 Å². The van der Waals surface area contributed by atoms with E-state index in [1.807, 2.05) is 26.0 Å². The molecule has 0 heterocycles. The van der Waals surface area contributed by atoms with Crippen LogP contribution in [0.5, 0.6) is 5.75 Å². The van der Waals surface area contributed by atoms with Crippen molar-refractivity contribution in [1.29, 1.82) is 0 Å². The van der Waals surface area contributed by atoms with Crippen LogP contribution in [0.15, 0.2) is 24.3 Å². The molecule has 0 saturated heterocycles. The number of carbonyl (C=O) groups is 1. The van der Waals surface area contributed by atoms with Gasteiger partial charge in [0.05, 0.1) is 12.0 Å². The summed E-state index contributed by atoms with van der Waals surface area (Å²) in [5, 5.41) is 0.630. The summed E-state index contributed by atoms with van der Waals surface area (Å²) >= 11 is 11.6. The van der Waals surface area contributed by atoms with Crippen molar-refractivity contribution in [3.63, 3.8) is 0 Å². The quantitative estimate of drug-likeness (QED) is 0.753. The summed E-state index contributed by atoms with van der Waals surface area (Å²) in [6.07, 6.45) is 0. The van der Waals surface area contributed by atoms with Gasteiger partial charge in [0.25, 0.3) is 0 Å². The molecule has 19 heavy (non-hydrogen) atoms. The van der Waals surface area contributed by atoms with Crippen molar-refractivity contribution in [3.8, 4) is 5.75 Å². The van der Waals surface area contributed by atoms with Crippen molar-refractivity contribution in [1.82, 2.24) is 4.90 Å². The summed E-state index contributed by atoms with van der Waals surface area (Å²) in [7, 11) is 1.75. The highest BCUT2D eigenvalue weighted by molar-refractivity contribution is 6.30. The highest BCUT2D eigenvalue weighted by atomic mass is 35.5. The number of amides is 1. The lowest BCUT2D eigenvalue weighted by molar-refractivity contribution is -0.138. The maximum atomic E-state index is 12.1. The van der Waals surface area contributed by atoms with E-state index in [-0.39, 0.29) is 5.91 Å². The smallest absolute Gasteiger partial charge is 0.229 e. The zero-order valence-electron chi connectivity index (χ0n) is 11.5. The van der Waals surface area contributed by atoms with Crippen molar-refractivity contribution in [2.75, 3.05) is 26.1 Å². The first-order valence-electron chi connectivity index (χ1n) is 6.07. The predicted molar refractivity (Wildman–Crippen MR) is 79.1 cm³/mol. The van der Waals surface area contributed by atoms with Gasteiger partial charge < -0.3 is 9.64 Å². The van der Waals surface area contributed by atoms with Crippen LogP contribution in [0.4, 0.5) is 0 Å². The van der Waals surface area contributed by atoms with E-state index in [0.29, 0.717) is 29.8 Å². The van der Waals surface area contributed by atoms with Crippen LogP contribution < -0.4 is 4.74 Å². The Morgan fingerprint density at radius 1 is 1.42 bits per heavy atom. The van der Waals surface area contributed by atoms with Crippen LogP contribution in [0, 0.1) is 5.41 Å². The summed E-state index contributed by atoms with van der Waals surface area (Å²) in [5.74, 6) is 1.01. The van der Waals surface area contributed by atoms with Crippen molar-refractivity contribution in [2.24, 2.45) is 5.41 Å². The first kappa shape index (κ1) is 16.1. The lowest BCUT2D eigenvalue weighted by Gasteiger charge is -2.27. The SMILES string of the molecule is CN(CCOc1cccc(Cl)c1)C(=O)C(C)(C)CCl. The number of benzene rings is 1. The van der Waals surface area contributed by atoms with Gasteiger partial charge in [-0.3, -0.25) is 4.79 Å². The van der Waals surface area contributed by atoms with Gasteiger partial charge in [0.1, 0.15) is 12.4 Å². The van der Waals surface area contributed by atoms with Crippen molar-refractivity contribution < 1.29 is 9.53 Å². The fourth-order valence-electron chi connectivity index (χ4n) is 1.53. The van der Waals surface area contributed by atoms with Crippen molar-refractivity contribution >= 4 is 29.1 Å². The topological polar surface area (TPSA) is 29.5 Å². The molecule has 0 aromatic heterocycles. The highest BCUT2D eigenvalue weighted by Gasteiger charge is 2.29. The van der Waals surface area contributed by atoms with Crippen LogP contribution in [0.1, 0.15) is 13.8 Å². The number of alkyl halides is 1. The molecule has 0 aliphatic rings. The van der Waals surface area contributed by atoms with Crippen molar-refractivity contribution in [2.45, 2.75) is 13.8 Å². The van der Waals surface area contributed by atoms with Crippen LogP contribution >= 0.6 is 23.2 Å². The van der Waals surface area contributed by atoms with Crippen molar-refractivity contribution in [3.05, 3.63) is 29.3 Å². The van der Waals surface area contributed by atoms with Crippen LogP contribution in [0.3, 0.4) is 0 Å². The van der Waals surface area contributed by atoms with E-state index in [9.17, 15) is 4.79 Å². The molecule has 0 aliphatic carbocycles. The Balaban J connectivity index is 2.43. The Bertz CT molecular complexity index is 435. The Labute approximate surface area is 124 Å². The molecule has 1 rings (SSSR count). The molecule has 0 N–H and O–H groups in total. The first-order valence-corrected chi connectivity index (χ1v) is 6.98. The largest absolute Gasteiger partial charge is 0.492 e. The molecule has 1 amide bonds. The second-order valence-electron chi connectivity index (χ2n) is 5.05. The van der Waals surface area contributed by atoms with Gasteiger partial charge in [-0.1, -0.05) is 17.7 Å². The lowest BCUT2D eigenvalue weighted by Crippen LogP contribution is -2.41. The third-order valence-electron chi connectivity index (χ3n) is 2.75. The molecule has 0 aliphatic heterocycles. The Morgan fingerprint density at radius 3 is 2.68 bits per heavy atom. The Kier molecular flexibility index (Phi) is 5.95. The van der Waals surface area contributed by atoms with Gasteiger partial charge >= 0.3 is 0 Å². The molecule has 0 fully saturated rings. The molecule has 0 radical (unpaired) electrons. The van der Waals surface area contributed by atoms with Crippen LogP contribution in [0.2, 0.25) is 5.02 Å². The molecule has 0 atom stereocenters. The second kappa shape index (κ2) is 7.01. The molecule has 0 unspecified atom stereocenters.